The lowest BCUT2D eigenvalue weighted by molar-refractivity contribution is -0.115. The van der Waals surface area contributed by atoms with Gasteiger partial charge in [0.25, 0.3) is 11.1 Å². The summed E-state index contributed by atoms with van der Waals surface area (Å²) >= 11 is 0.833. The molecule has 0 unspecified atom stereocenters. The predicted octanol–water partition coefficient (Wildman–Crippen LogP) is 1.15. The number of imide groups is 1. The fraction of sp³-hybridized carbons (Fsp3) is 0.364. The van der Waals surface area contributed by atoms with Crippen LogP contribution < -0.4 is 15.1 Å². The van der Waals surface area contributed by atoms with Crippen LogP contribution in [0.1, 0.15) is 5.69 Å². The van der Waals surface area contributed by atoms with E-state index in [9.17, 15) is 18.0 Å². The van der Waals surface area contributed by atoms with Crippen LogP contribution >= 0.6 is 11.8 Å². The van der Waals surface area contributed by atoms with Crippen molar-refractivity contribution in [3.63, 3.8) is 0 Å². The number of thioether (sulfide) groups is 1. The van der Waals surface area contributed by atoms with Gasteiger partial charge in [-0.05, 0) is 30.0 Å². The summed E-state index contributed by atoms with van der Waals surface area (Å²) in [7, 11) is -3.57. The highest BCUT2D eigenvalue weighted by molar-refractivity contribution is 8.18. The Hall–Kier alpha value is -3.00. The maximum atomic E-state index is 13.0. The normalized spacial score (nSPS) is 21.0. The summed E-state index contributed by atoms with van der Waals surface area (Å²) in [4.78, 5) is 37.6. The van der Waals surface area contributed by atoms with Crippen molar-refractivity contribution < 1.29 is 22.7 Å². The highest BCUT2D eigenvalue weighted by Gasteiger charge is 2.30. The summed E-state index contributed by atoms with van der Waals surface area (Å²) in [6, 6.07) is 10.2. The minimum atomic E-state index is -3.57. The number of hydrogen-bond acceptors (Lipinski definition) is 10. The molecule has 0 spiro atoms. The highest BCUT2D eigenvalue weighted by atomic mass is 32.2. The third-order valence-electron chi connectivity index (χ3n) is 5.88. The molecule has 35 heavy (non-hydrogen) atoms. The zero-order valence-electron chi connectivity index (χ0n) is 18.8. The Balaban J connectivity index is 1.39. The van der Waals surface area contributed by atoms with Crippen molar-refractivity contribution in [2.24, 2.45) is 0 Å². The number of benzene rings is 1. The number of aromatic nitrogens is 2. The monoisotopic (exact) mass is 516 g/mol. The number of morpholine rings is 1. The topological polar surface area (TPSA) is 125 Å². The van der Waals surface area contributed by atoms with Gasteiger partial charge >= 0.3 is 0 Å². The Labute approximate surface area is 207 Å². The van der Waals surface area contributed by atoms with Crippen molar-refractivity contribution in [1.82, 2.24) is 19.6 Å². The summed E-state index contributed by atoms with van der Waals surface area (Å²) in [6.45, 7) is 3.94. The molecule has 5 rings (SSSR count). The van der Waals surface area contributed by atoms with Crippen LogP contribution in [0.2, 0.25) is 0 Å². The van der Waals surface area contributed by atoms with Gasteiger partial charge in [-0.25, -0.2) is 13.4 Å². The second kappa shape index (κ2) is 9.93. The average molecular weight is 517 g/mol. The van der Waals surface area contributed by atoms with Crippen LogP contribution in [0.5, 0.6) is 0 Å². The largest absolute Gasteiger partial charge is 0.378 e. The number of ether oxygens (including phenoxy) is 1. The number of nitrogens with one attached hydrogen (secondary N) is 1. The van der Waals surface area contributed by atoms with Gasteiger partial charge in [-0.3, -0.25) is 14.9 Å². The van der Waals surface area contributed by atoms with E-state index in [1.165, 1.54) is 4.31 Å². The Morgan fingerprint density at radius 3 is 2.31 bits per heavy atom. The summed E-state index contributed by atoms with van der Waals surface area (Å²) in [6.07, 6.45) is 1.58. The zero-order valence-corrected chi connectivity index (χ0v) is 20.4. The molecule has 3 aliphatic heterocycles. The molecular weight excluding hydrogens is 492 g/mol. The fourth-order valence-corrected chi connectivity index (χ4v) is 6.15. The van der Waals surface area contributed by atoms with Crippen LogP contribution in [-0.2, 0) is 19.6 Å². The van der Waals surface area contributed by atoms with Gasteiger partial charge in [-0.15, -0.1) is 0 Å². The molecule has 2 aromatic rings. The van der Waals surface area contributed by atoms with E-state index < -0.39 is 21.2 Å². The molecule has 1 N–H and O–H groups in total. The number of piperazine rings is 1. The molecule has 184 valence electrons. The smallest absolute Gasteiger partial charge is 0.290 e. The molecule has 1 aromatic heterocycles. The summed E-state index contributed by atoms with van der Waals surface area (Å²) in [5.41, 5.74) is 0.503. The molecule has 0 aliphatic carbocycles. The maximum absolute atomic E-state index is 13.0. The Kier molecular flexibility index (Phi) is 6.73. The molecular formula is C22H24N6O5S2. The number of hydrogen-bond donors (Lipinski definition) is 1. The molecule has 13 heteroatoms. The van der Waals surface area contributed by atoms with Crippen molar-refractivity contribution in [1.29, 1.82) is 0 Å². The first-order valence-corrected chi connectivity index (χ1v) is 13.4. The SMILES string of the molecule is O=C1NC(=O)/C(=C/c2cc(N3CCOCC3)nc(N3CCN(S(=O)(=O)c4ccccc4)CC3)n2)S1. The molecule has 0 radical (unpaired) electrons. The Bertz CT molecular complexity index is 1260. The number of nitrogens with zero attached hydrogens (tertiary/aromatic N) is 5. The van der Waals surface area contributed by atoms with Gasteiger partial charge < -0.3 is 14.5 Å². The third kappa shape index (κ3) is 5.17. The number of rotatable bonds is 5. The van der Waals surface area contributed by atoms with Crippen molar-refractivity contribution >= 4 is 50.8 Å². The second-order valence-corrected chi connectivity index (χ2v) is 11.1. The molecule has 4 heterocycles. The minimum absolute atomic E-state index is 0.270. The van der Waals surface area contributed by atoms with E-state index in [4.69, 9.17) is 9.72 Å². The van der Waals surface area contributed by atoms with Gasteiger partial charge in [-0.1, -0.05) is 18.2 Å². The van der Waals surface area contributed by atoms with Crippen LogP contribution in [0, 0.1) is 0 Å². The van der Waals surface area contributed by atoms with Gasteiger partial charge in [0.2, 0.25) is 16.0 Å². The first-order valence-electron chi connectivity index (χ1n) is 11.2. The molecule has 3 saturated heterocycles. The molecule has 3 aliphatic rings. The van der Waals surface area contributed by atoms with Gasteiger partial charge in [-0.2, -0.15) is 9.29 Å². The third-order valence-corrected chi connectivity index (χ3v) is 8.60. The van der Waals surface area contributed by atoms with Crippen LogP contribution in [0.15, 0.2) is 46.2 Å². The Morgan fingerprint density at radius 1 is 0.943 bits per heavy atom. The van der Waals surface area contributed by atoms with E-state index in [1.807, 2.05) is 4.90 Å². The lowest BCUT2D eigenvalue weighted by atomic mass is 10.3. The van der Waals surface area contributed by atoms with Crippen LogP contribution in [0.25, 0.3) is 6.08 Å². The fourth-order valence-electron chi connectivity index (χ4n) is 4.03. The van der Waals surface area contributed by atoms with E-state index in [2.05, 4.69) is 15.2 Å². The van der Waals surface area contributed by atoms with E-state index in [1.54, 1.807) is 42.5 Å². The van der Waals surface area contributed by atoms with Gasteiger partial charge in [0.15, 0.2) is 0 Å². The maximum Gasteiger partial charge on any atom is 0.290 e. The second-order valence-electron chi connectivity index (χ2n) is 8.11. The molecule has 11 nitrogen and oxygen atoms in total. The van der Waals surface area contributed by atoms with Crippen LogP contribution in [0.4, 0.5) is 16.6 Å². The molecule has 0 bridgehead atoms. The first kappa shape index (κ1) is 23.7. The van der Waals surface area contributed by atoms with Gasteiger partial charge in [0.05, 0.1) is 28.7 Å². The van der Waals surface area contributed by atoms with Crippen LogP contribution in [-0.4, -0.2) is 86.3 Å². The zero-order chi connectivity index (χ0) is 24.4. The molecule has 2 amide bonds. The number of amides is 2. The van der Waals surface area contributed by atoms with Gasteiger partial charge in [0.1, 0.15) is 5.82 Å². The lowest BCUT2D eigenvalue weighted by Crippen LogP contribution is -2.49. The quantitative estimate of drug-likeness (QED) is 0.579. The van der Waals surface area contributed by atoms with Crippen molar-refractivity contribution in [2.45, 2.75) is 4.90 Å². The number of carbonyl (C=O) groups is 2. The van der Waals surface area contributed by atoms with Crippen molar-refractivity contribution in [3.8, 4) is 0 Å². The molecule has 0 saturated carbocycles. The van der Waals surface area contributed by atoms with E-state index in [-0.39, 0.29) is 9.80 Å². The minimum Gasteiger partial charge on any atom is -0.378 e. The van der Waals surface area contributed by atoms with E-state index in [0.29, 0.717) is 69.9 Å². The standard InChI is InChI=1S/C22H24N6O5S2/c29-20-18(34-22(30)25-20)14-16-15-19(26-10-12-33-13-11-26)24-21(23-16)27-6-8-28(9-7-27)35(31,32)17-4-2-1-3-5-17/h1-5,14-15H,6-13H2,(H,25,29,30)/b18-14-. The van der Waals surface area contributed by atoms with Crippen molar-refractivity contribution in [3.05, 3.63) is 47.0 Å². The molecule has 1 aromatic carbocycles. The summed E-state index contributed by atoms with van der Waals surface area (Å²) in [5.74, 6) is 0.694. The lowest BCUT2D eigenvalue weighted by Gasteiger charge is -2.35. The number of carbonyl (C=O) groups excluding carboxylic acids is 2. The highest BCUT2D eigenvalue weighted by Crippen LogP contribution is 2.28. The van der Waals surface area contributed by atoms with Crippen molar-refractivity contribution in [2.75, 3.05) is 62.3 Å². The average Bonchev–Trinajstić information content (AvgIpc) is 3.21. The molecule has 3 fully saturated rings. The van der Waals surface area contributed by atoms with Gasteiger partial charge in [0, 0.05) is 45.3 Å². The van der Waals surface area contributed by atoms with E-state index >= 15 is 0 Å². The predicted molar refractivity (Wildman–Crippen MR) is 132 cm³/mol. The Morgan fingerprint density at radius 2 is 1.66 bits per heavy atom. The first-order chi connectivity index (χ1) is 16.9. The summed E-state index contributed by atoms with van der Waals surface area (Å²) in [5, 5.41) is 1.83. The van der Waals surface area contributed by atoms with E-state index in [0.717, 1.165) is 11.8 Å². The molecule has 0 atom stereocenters. The van der Waals surface area contributed by atoms with Crippen LogP contribution in [0.3, 0.4) is 0 Å². The summed E-state index contributed by atoms with van der Waals surface area (Å²) < 4.78 is 32.9. The number of sulfonamides is 1. The number of anilines is 2.